The van der Waals surface area contributed by atoms with E-state index in [1.54, 1.807) is 18.5 Å². The molecule has 0 aromatic carbocycles. The fraction of sp³-hybridized carbons (Fsp3) is 0.444. The van der Waals surface area contributed by atoms with E-state index < -0.39 is 0 Å². The molecular weight excluding hydrogens is 208 g/mol. The van der Waals surface area contributed by atoms with Gasteiger partial charge in [-0.05, 0) is 17.5 Å². The quantitative estimate of drug-likeness (QED) is 0.432. The number of anilines is 1. The molecule has 1 aromatic heterocycles. The summed E-state index contributed by atoms with van der Waals surface area (Å²) in [4.78, 5) is 23.9. The van der Waals surface area contributed by atoms with Gasteiger partial charge in [-0.1, -0.05) is 5.11 Å². The SMILES string of the molecule is [N-]=[N+]=NCC1CC(=O)N(c2ncccn2)C1. The molecule has 2 heterocycles. The zero-order valence-corrected chi connectivity index (χ0v) is 8.52. The van der Waals surface area contributed by atoms with Gasteiger partial charge >= 0.3 is 0 Å². The summed E-state index contributed by atoms with van der Waals surface area (Å²) in [5.74, 6) is 0.451. The van der Waals surface area contributed by atoms with Crippen LogP contribution in [0.5, 0.6) is 0 Å². The van der Waals surface area contributed by atoms with Crippen LogP contribution in [0.15, 0.2) is 23.6 Å². The predicted molar refractivity (Wildman–Crippen MR) is 56.5 cm³/mol. The van der Waals surface area contributed by atoms with Crippen molar-refractivity contribution in [3.05, 3.63) is 28.9 Å². The van der Waals surface area contributed by atoms with Crippen LogP contribution in [-0.4, -0.2) is 29.0 Å². The highest BCUT2D eigenvalue weighted by molar-refractivity contribution is 5.94. The standard InChI is InChI=1S/C9H10N6O/c10-14-13-5-7-4-8(16)15(6-7)9-11-2-1-3-12-9/h1-3,7H,4-6H2. The van der Waals surface area contributed by atoms with Gasteiger partial charge in [0.25, 0.3) is 0 Å². The predicted octanol–water partition coefficient (Wildman–Crippen LogP) is 1.14. The lowest BCUT2D eigenvalue weighted by molar-refractivity contribution is -0.117. The summed E-state index contributed by atoms with van der Waals surface area (Å²) in [6.45, 7) is 0.855. The Hall–Kier alpha value is -2.14. The van der Waals surface area contributed by atoms with Crippen molar-refractivity contribution in [1.29, 1.82) is 0 Å². The molecule has 1 atom stereocenters. The summed E-state index contributed by atoms with van der Waals surface area (Å²) in [7, 11) is 0. The lowest BCUT2D eigenvalue weighted by Crippen LogP contribution is -2.26. The zero-order chi connectivity index (χ0) is 11.4. The van der Waals surface area contributed by atoms with Crippen molar-refractivity contribution < 1.29 is 4.79 Å². The van der Waals surface area contributed by atoms with Gasteiger partial charge in [0.1, 0.15) is 0 Å². The number of rotatable bonds is 3. The minimum atomic E-state index is -0.0238. The summed E-state index contributed by atoms with van der Waals surface area (Å²) < 4.78 is 0. The summed E-state index contributed by atoms with van der Waals surface area (Å²) in [6.07, 6.45) is 3.57. The van der Waals surface area contributed by atoms with E-state index in [2.05, 4.69) is 20.0 Å². The molecule has 1 aliphatic heterocycles. The van der Waals surface area contributed by atoms with Crippen molar-refractivity contribution in [1.82, 2.24) is 9.97 Å². The Morgan fingerprint density at radius 1 is 1.56 bits per heavy atom. The Kier molecular flexibility index (Phi) is 2.98. The summed E-state index contributed by atoms with van der Waals surface area (Å²) in [5, 5.41) is 3.48. The molecule has 0 bridgehead atoms. The third-order valence-electron chi connectivity index (χ3n) is 2.40. The molecule has 1 amide bonds. The molecule has 1 aliphatic rings. The molecule has 0 aliphatic carbocycles. The number of carbonyl (C=O) groups is 1. The summed E-state index contributed by atoms with van der Waals surface area (Å²) in [6, 6.07) is 1.70. The number of hydrogen-bond acceptors (Lipinski definition) is 4. The Labute approximate surface area is 91.7 Å². The largest absolute Gasteiger partial charge is 0.280 e. The van der Waals surface area contributed by atoms with Crippen LogP contribution in [0, 0.1) is 5.92 Å². The van der Waals surface area contributed by atoms with Gasteiger partial charge < -0.3 is 0 Å². The van der Waals surface area contributed by atoms with Gasteiger partial charge in [0, 0.05) is 36.8 Å². The van der Waals surface area contributed by atoms with E-state index in [9.17, 15) is 4.79 Å². The molecule has 0 saturated carbocycles. The van der Waals surface area contributed by atoms with Gasteiger partial charge in [-0.2, -0.15) is 0 Å². The maximum atomic E-state index is 11.7. The molecule has 0 spiro atoms. The fourth-order valence-corrected chi connectivity index (χ4v) is 1.68. The van der Waals surface area contributed by atoms with Crippen molar-refractivity contribution >= 4 is 11.9 Å². The minimum Gasteiger partial charge on any atom is -0.280 e. The van der Waals surface area contributed by atoms with E-state index in [0.717, 1.165) is 0 Å². The molecule has 0 N–H and O–H groups in total. The third kappa shape index (κ3) is 2.09. The van der Waals surface area contributed by atoms with Crippen LogP contribution in [0.25, 0.3) is 10.4 Å². The number of carbonyl (C=O) groups excluding carboxylic acids is 1. The second-order valence-corrected chi connectivity index (χ2v) is 3.54. The lowest BCUT2D eigenvalue weighted by atomic mass is 10.1. The van der Waals surface area contributed by atoms with Crippen LogP contribution in [-0.2, 0) is 4.79 Å². The van der Waals surface area contributed by atoms with Crippen LogP contribution in [0.1, 0.15) is 6.42 Å². The van der Waals surface area contributed by atoms with Crippen molar-refractivity contribution in [2.24, 2.45) is 11.0 Å². The van der Waals surface area contributed by atoms with Crippen LogP contribution in [0.4, 0.5) is 5.95 Å². The molecule has 7 heteroatoms. The third-order valence-corrected chi connectivity index (χ3v) is 2.40. The molecule has 0 radical (unpaired) electrons. The first-order valence-corrected chi connectivity index (χ1v) is 4.89. The first-order valence-electron chi connectivity index (χ1n) is 4.89. The van der Waals surface area contributed by atoms with Gasteiger partial charge in [-0.15, -0.1) is 0 Å². The Bertz CT molecular complexity index is 427. The lowest BCUT2D eigenvalue weighted by Gasteiger charge is -2.12. The normalized spacial score (nSPS) is 19.6. The number of hydrogen-bond donors (Lipinski definition) is 0. The van der Waals surface area contributed by atoms with Gasteiger partial charge in [0.2, 0.25) is 11.9 Å². The number of azide groups is 1. The molecule has 16 heavy (non-hydrogen) atoms. The summed E-state index contributed by atoms with van der Waals surface area (Å²) in [5.41, 5.74) is 8.21. The van der Waals surface area contributed by atoms with Gasteiger partial charge in [-0.25, -0.2) is 9.97 Å². The van der Waals surface area contributed by atoms with Crippen LogP contribution in [0.3, 0.4) is 0 Å². The smallest absolute Gasteiger partial charge is 0.232 e. The number of nitrogens with zero attached hydrogens (tertiary/aromatic N) is 6. The highest BCUT2D eigenvalue weighted by atomic mass is 16.2. The van der Waals surface area contributed by atoms with E-state index in [1.165, 1.54) is 4.90 Å². The molecule has 7 nitrogen and oxygen atoms in total. The molecular formula is C9H10N6O. The van der Waals surface area contributed by atoms with E-state index in [0.29, 0.717) is 25.5 Å². The molecule has 1 aromatic rings. The second kappa shape index (κ2) is 4.59. The van der Waals surface area contributed by atoms with E-state index >= 15 is 0 Å². The zero-order valence-electron chi connectivity index (χ0n) is 8.52. The van der Waals surface area contributed by atoms with E-state index in [1.807, 2.05) is 0 Å². The van der Waals surface area contributed by atoms with Crippen LogP contribution < -0.4 is 4.90 Å². The van der Waals surface area contributed by atoms with Gasteiger partial charge in [0.15, 0.2) is 0 Å². The van der Waals surface area contributed by atoms with Crippen molar-refractivity contribution in [2.45, 2.75) is 6.42 Å². The molecule has 2 rings (SSSR count). The van der Waals surface area contributed by atoms with Crippen LogP contribution >= 0.6 is 0 Å². The minimum absolute atomic E-state index is 0.0238. The highest BCUT2D eigenvalue weighted by Gasteiger charge is 2.31. The Morgan fingerprint density at radius 3 is 3.00 bits per heavy atom. The maximum Gasteiger partial charge on any atom is 0.232 e. The number of amides is 1. The van der Waals surface area contributed by atoms with Crippen molar-refractivity contribution in [3.63, 3.8) is 0 Å². The topological polar surface area (TPSA) is 94.9 Å². The van der Waals surface area contributed by atoms with Crippen molar-refractivity contribution in [3.8, 4) is 0 Å². The molecule has 1 saturated heterocycles. The van der Waals surface area contributed by atoms with Crippen molar-refractivity contribution in [2.75, 3.05) is 18.0 Å². The Balaban J connectivity index is 2.08. The monoisotopic (exact) mass is 218 g/mol. The van der Waals surface area contributed by atoms with Gasteiger partial charge in [0.05, 0.1) is 0 Å². The Morgan fingerprint density at radius 2 is 2.31 bits per heavy atom. The number of aromatic nitrogens is 2. The van der Waals surface area contributed by atoms with Gasteiger partial charge in [-0.3, -0.25) is 9.69 Å². The average Bonchev–Trinajstić information content (AvgIpc) is 2.69. The molecule has 1 unspecified atom stereocenters. The average molecular weight is 218 g/mol. The van der Waals surface area contributed by atoms with E-state index in [4.69, 9.17) is 5.53 Å². The van der Waals surface area contributed by atoms with E-state index in [-0.39, 0.29) is 11.8 Å². The highest BCUT2D eigenvalue weighted by Crippen LogP contribution is 2.21. The maximum absolute atomic E-state index is 11.7. The second-order valence-electron chi connectivity index (χ2n) is 3.54. The first-order chi connectivity index (χ1) is 7.81. The molecule has 82 valence electrons. The summed E-state index contributed by atoms with van der Waals surface area (Å²) >= 11 is 0. The first kappa shape index (κ1) is 10.4. The van der Waals surface area contributed by atoms with Crippen LogP contribution in [0.2, 0.25) is 0 Å². The fourth-order valence-electron chi connectivity index (χ4n) is 1.68. The molecule has 1 fully saturated rings.